The molecule has 0 bridgehead atoms. The molecule has 2 N–H and O–H groups in total. The minimum Gasteiger partial charge on any atom is -0.377 e. The molecule has 1 amide bonds. The number of carbonyl (C=O) groups is 1. The second-order valence-electron chi connectivity index (χ2n) is 7.42. The predicted octanol–water partition coefficient (Wildman–Crippen LogP) is 4.48. The third kappa shape index (κ3) is 5.36. The van der Waals surface area contributed by atoms with Crippen molar-refractivity contribution < 1.29 is 17.9 Å². The normalized spacial score (nSPS) is 16.2. The van der Waals surface area contributed by atoms with Crippen molar-refractivity contribution in [2.24, 2.45) is 0 Å². The molecule has 1 aliphatic heterocycles. The van der Waals surface area contributed by atoms with Crippen LogP contribution in [0.25, 0.3) is 11.3 Å². The highest BCUT2D eigenvalue weighted by Crippen LogP contribution is 2.26. The van der Waals surface area contributed by atoms with E-state index >= 15 is 0 Å². The molecule has 10 heteroatoms. The molecule has 4 rings (SSSR count). The molecule has 0 radical (unpaired) electrons. The van der Waals surface area contributed by atoms with Crippen LogP contribution in [0.3, 0.4) is 0 Å². The smallest absolute Gasteiger partial charge is 0.255 e. The average molecular weight is 492 g/mol. The third-order valence-electron chi connectivity index (χ3n) is 5.04. The lowest BCUT2D eigenvalue weighted by Gasteiger charge is -2.13. The second kappa shape index (κ2) is 9.68. The summed E-state index contributed by atoms with van der Waals surface area (Å²) in [6.07, 6.45) is 1.56. The van der Waals surface area contributed by atoms with Crippen molar-refractivity contribution >= 4 is 44.6 Å². The summed E-state index contributed by atoms with van der Waals surface area (Å²) in [5.41, 5.74) is 2.47. The van der Waals surface area contributed by atoms with Crippen LogP contribution in [0.4, 0.5) is 5.69 Å². The topological polar surface area (TPSA) is 97.4 Å². The summed E-state index contributed by atoms with van der Waals surface area (Å²) < 4.78 is 33.5. The Balaban J connectivity index is 1.51. The zero-order chi connectivity index (χ0) is 22.7. The number of hydrogen-bond acceptors (Lipinski definition) is 6. The summed E-state index contributed by atoms with van der Waals surface area (Å²) >= 11 is 7.69. The Morgan fingerprint density at radius 3 is 2.84 bits per heavy atom. The molecule has 2 aromatic carbocycles. The van der Waals surface area contributed by atoms with Gasteiger partial charge in [-0.2, -0.15) is 0 Å². The number of benzene rings is 2. The highest BCUT2D eigenvalue weighted by atomic mass is 35.5. The zero-order valence-electron chi connectivity index (χ0n) is 17.3. The van der Waals surface area contributed by atoms with E-state index in [4.69, 9.17) is 16.3 Å². The van der Waals surface area contributed by atoms with Gasteiger partial charge in [0.05, 0.1) is 21.8 Å². The van der Waals surface area contributed by atoms with Gasteiger partial charge >= 0.3 is 0 Å². The highest BCUT2D eigenvalue weighted by Gasteiger charge is 2.23. The molecule has 0 saturated carbocycles. The highest BCUT2D eigenvalue weighted by molar-refractivity contribution is 7.89. The molecule has 1 atom stereocenters. The quantitative estimate of drug-likeness (QED) is 0.507. The maximum Gasteiger partial charge on any atom is 0.255 e. The van der Waals surface area contributed by atoms with E-state index in [1.165, 1.54) is 18.2 Å². The van der Waals surface area contributed by atoms with E-state index in [1.807, 2.05) is 30.5 Å². The van der Waals surface area contributed by atoms with Crippen LogP contribution in [0.2, 0.25) is 5.02 Å². The number of nitrogens with one attached hydrogen (secondary N) is 2. The molecule has 0 spiro atoms. The summed E-state index contributed by atoms with van der Waals surface area (Å²) in [6, 6.07) is 11.5. The first-order chi connectivity index (χ1) is 15.3. The Morgan fingerprint density at radius 1 is 1.28 bits per heavy atom. The van der Waals surface area contributed by atoms with E-state index in [9.17, 15) is 13.2 Å². The molecular formula is C22H22ClN3O4S2. The van der Waals surface area contributed by atoms with Crippen LogP contribution < -0.4 is 10.0 Å². The SMILES string of the molecule is Cc1nc(-c2cccc(NC(=O)c3ccc(Cl)c(S(=O)(=O)NC[C@@H]4CCCO4)c3)c2)cs1. The summed E-state index contributed by atoms with van der Waals surface area (Å²) in [6.45, 7) is 2.73. The van der Waals surface area contributed by atoms with E-state index < -0.39 is 15.9 Å². The van der Waals surface area contributed by atoms with Gasteiger partial charge in [0.2, 0.25) is 10.0 Å². The molecule has 0 unspecified atom stereocenters. The molecule has 7 nitrogen and oxygen atoms in total. The van der Waals surface area contributed by atoms with Gasteiger partial charge in [0.1, 0.15) is 4.90 Å². The third-order valence-corrected chi connectivity index (χ3v) is 7.72. The maximum atomic E-state index is 12.8. The monoisotopic (exact) mass is 491 g/mol. The van der Waals surface area contributed by atoms with Gasteiger partial charge < -0.3 is 10.1 Å². The molecule has 0 aliphatic carbocycles. The van der Waals surface area contributed by atoms with Gasteiger partial charge in [0.15, 0.2) is 0 Å². The van der Waals surface area contributed by atoms with Gasteiger partial charge in [-0.3, -0.25) is 4.79 Å². The first kappa shape index (κ1) is 22.9. The predicted molar refractivity (Wildman–Crippen MR) is 126 cm³/mol. The van der Waals surface area contributed by atoms with Crippen LogP contribution in [0.1, 0.15) is 28.2 Å². The maximum absolute atomic E-state index is 12.8. The van der Waals surface area contributed by atoms with Gasteiger partial charge in [-0.05, 0) is 50.1 Å². The number of carbonyl (C=O) groups excluding carboxylic acids is 1. The van der Waals surface area contributed by atoms with Crippen molar-refractivity contribution in [2.45, 2.75) is 30.8 Å². The number of amides is 1. The molecule has 2 heterocycles. The standard InChI is InChI=1S/C22H22ClN3O4S2/c1-14-25-20(13-31-14)15-4-2-5-17(10-15)26-22(27)16-7-8-19(23)21(11-16)32(28,29)24-12-18-6-3-9-30-18/h2,4-5,7-8,10-11,13,18,24H,3,6,9,12H2,1H3,(H,26,27)/t18-/m0/s1. The lowest BCUT2D eigenvalue weighted by atomic mass is 10.1. The fourth-order valence-electron chi connectivity index (χ4n) is 3.39. The van der Waals surface area contributed by atoms with Crippen molar-refractivity contribution in [3.05, 3.63) is 63.4 Å². The van der Waals surface area contributed by atoms with Crippen LogP contribution in [0, 0.1) is 6.92 Å². The van der Waals surface area contributed by atoms with Gasteiger partial charge in [-0.1, -0.05) is 23.7 Å². The van der Waals surface area contributed by atoms with E-state index in [0.29, 0.717) is 12.3 Å². The molecular weight excluding hydrogens is 470 g/mol. The Bertz CT molecular complexity index is 1240. The van der Waals surface area contributed by atoms with E-state index in [2.05, 4.69) is 15.0 Å². The molecule has 1 saturated heterocycles. The first-order valence-electron chi connectivity index (χ1n) is 10.1. The number of aromatic nitrogens is 1. The lowest BCUT2D eigenvalue weighted by Crippen LogP contribution is -2.32. The number of ether oxygens (including phenoxy) is 1. The lowest BCUT2D eigenvalue weighted by molar-refractivity contribution is 0.102. The Labute approximate surface area is 195 Å². The molecule has 32 heavy (non-hydrogen) atoms. The number of nitrogens with zero attached hydrogens (tertiary/aromatic N) is 1. The Kier molecular flexibility index (Phi) is 6.92. The van der Waals surface area contributed by atoms with Crippen LogP contribution in [0.15, 0.2) is 52.7 Å². The van der Waals surface area contributed by atoms with E-state index in [0.717, 1.165) is 29.1 Å². The summed E-state index contributed by atoms with van der Waals surface area (Å²) in [5.74, 6) is -0.441. The minimum absolute atomic E-state index is 0.0438. The molecule has 1 aromatic heterocycles. The summed E-state index contributed by atoms with van der Waals surface area (Å²) in [7, 11) is -3.90. The van der Waals surface area contributed by atoms with Crippen LogP contribution in [-0.2, 0) is 14.8 Å². The van der Waals surface area contributed by atoms with Gasteiger partial charge in [0.25, 0.3) is 5.91 Å². The number of rotatable bonds is 7. The number of sulfonamides is 1. The fourth-order valence-corrected chi connectivity index (χ4v) is 5.60. The van der Waals surface area contributed by atoms with Crippen LogP contribution >= 0.6 is 22.9 Å². The van der Waals surface area contributed by atoms with E-state index in [-0.39, 0.29) is 28.1 Å². The summed E-state index contributed by atoms with van der Waals surface area (Å²) in [4.78, 5) is 17.1. The number of halogens is 1. The molecule has 3 aromatic rings. The number of thiazole rings is 1. The van der Waals surface area contributed by atoms with Crippen molar-refractivity contribution in [3.8, 4) is 11.3 Å². The molecule has 168 valence electrons. The van der Waals surface area contributed by atoms with Crippen molar-refractivity contribution in [3.63, 3.8) is 0 Å². The van der Waals surface area contributed by atoms with Crippen LogP contribution in [-0.4, -0.2) is 38.6 Å². The first-order valence-corrected chi connectivity index (χ1v) is 12.8. The van der Waals surface area contributed by atoms with Crippen molar-refractivity contribution in [2.75, 3.05) is 18.5 Å². The minimum atomic E-state index is -3.90. The van der Waals surface area contributed by atoms with E-state index in [1.54, 1.807) is 17.4 Å². The fraction of sp³-hybridized carbons (Fsp3) is 0.273. The average Bonchev–Trinajstić information content (AvgIpc) is 3.44. The number of aryl methyl sites for hydroxylation is 1. The number of hydrogen-bond donors (Lipinski definition) is 2. The van der Waals surface area contributed by atoms with Crippen molar-refractivity contribution in [1.29, 1.82) is 0 Å². The largest absolute Gasteiger partial charge is 0.377 e. The molecule has 1 fully saturated rings. The Hall–Kier alpha value is -2.30. The zero-order valence-corrected chi connectivity index (χ0v) is 19.7. The second-order valence-corrected chi connectivity index (χ2v) is 10.6. The van der Waals surface area contributed by atoms with Gasteiger partial charge in [-0.15, -0.1) is 11.3 Å². The van der Waals surface area contributed by atoms with Gasteiger partial charge in [0, 0.05) is 35.3 Å². The molecule has 1 aliphatic rings. The summed E-state index contributed by atoms with van der Waals surface area (Å²) in [5, 5.41) is 5.76. The number of anilines is 1. The van der Waals surface area contributed by atoms with Crippen LogP contribution in [0.5, 0.6) is 0 Å². The van der Waals surface area contributed by atoms with Gasteiger partial charge in [-0.25, -0.2) is 18.1 Å². The van der Waals surface area contributed by atoms with Crippen molar-refractivity contribution in [1.82, 2.24) is 9.71 Å². The Morgan fingerprint density at radius 2 is 2.12 bits per heavy atom.